The van der Waals surface area contributed by atoms with E-state index in [1.54, 1.807) is 0 Å². The summed E-state index contributed by atoms with van der Waals surface area (Å²) in [4.78, 5) is 0. The predicted molar refractivity (Wildman–Crippen MR) is 122 cm³/mol. The van der Waals surface area contributed by atoms with Crippen molar-refractivity contribution in [2.24, 2.45) is 0 Å². The fourth-order valence-corrected chi connectivity index (χ4v) is 6.88. The molecule has 0 N–H and O–H groups in total. The Morgan fingerprint density at radius 3 is 1.46 bits per heavy atom. The Balaban J connectivity index is 3.16. The van der Waals surface area contributed by atoms with Gasteiger partial charge in [0.25, 0.3) is 0 Å². The highest BCUT2D eigenvalue weighted by atomic mass is 79.9. The van der Waals surface area contributed by atoms with Gasteiger partial charge in [0.15, 0.2) is 0 Å². The molecule has 1 rings (SSSR count). The average Bonchev–Trinajstić information content (AvgIpc) is 2.31. The van der Waals surface area contributed by atoms with Crippen molar-refractivity contribution < 1.29 is 8.85 Å². The first-order valence-electron chi connectivity index (χ1n) is 8.35. The van der Waals surface area contributed by atoms with Gasteiger partial charge in [0.05, 0.1) is 24.7 Å². The predicted octanol–water partition coefficient (Wildman–Crippen LogP) is 7.10. The van der Waals surface area contributed by atoms with E-state index in [9.17, 15) is 0 Å². The first-order chi connectivity index (χ1) is 10.5. The van der Waals surface area contributed by atoms with Crippen LogP contribution < -0.4 is 8.85 Å². The van der Waals surface area contributed by atoms with E-state index in [1.165, 1.54) is 0 Å². The summed E-state index contributed by atoms with van der Waals surface area (Å²) in [5.74, 6) is 1.63. The van der Waals surface area contributed by atoms with Gasteiger partial charge in [0, 0.05) is 6.07 Å². The van der Waals surface area contributed by atoms with E-state index in [4.69, 9.17) is 20.5 Å². The number of benzene rings is 1. The van der Waals surface area contributed by atoms with Gasteiger partial charge in [-0.3, -0.25) is 0 Å². The molecule has 1 aromatic carbocycles. The number of hydrogen-bond acceptors (Lipinski definition) is 2. The third-order valence-corrected chi connectivity index (χ3v) is 37.2. The van der Waals surface area contributed by atoms with Crippen molar-refractivity contribution in [3.63, 3.8) is 0 Å². The van der Waals surface area contributed by atoms with Crippen molar-refractivity contribution in [1.29, 1.82) is 0 Å². The van der Waals surface area contributed by atoms with Gasteiger partial charge < -0.3 is 8.85 Å². The second-order valence-electron chi connectivity index (χ2n) is 9.44. The molecule has 0 fully saturated rings. The zero-order valence-corrected chi connectivity index (χ0v) is 23.1. The van der Waals surface area contributed by atoms with Crippen LogP contribution in [0.5, 0.6) is 11.5 Å². The van der Waals surface area contributed by atoms with Crippen LogP contribution in [0.4, 0.5) is 0 Å². The lowest BCUT2D eigenvalue weighted by atomic mass is 10.3. The van der Waals surface area contributed by atoms with Crippen molar-refractivity contribution >= 4 is 58.4 Å². The Kier molecular flexibility index (Phi) is 6.78. The summed E-state index contributed by atoms with van der Waals surface area (Å²) in [5, 5.41) is 0.646. The largest absolute Gasteiger partial charge is 0.546 e. The van der Waals surface area contributed by atoms with E-state index in [0.29, 0.717) is 5.02 Å². The molecule has 24 heavy (non-hydrogen) atoms. The van der Waals surface area contributed by atoms with Gasteiger partial charge in [0.2, 0.25) is 15.7 Å². The molecule has 8 heteroatoms. The zero-order valence-electron chi connectivity index (χ0n) is 16.7. The van der Waals surface area contributed by atoms with Crippen LogP contribution in [-0.2, 0) is 0 Å². The summed E-state index contributed by atoms with van der Waals surface area (Å²) < 4.78 is 13.8. The van der Waals surface area contributed by atoms with E-state index >= 15 is 0 Å². The zero-order chi connectivity index (χ0) is 19.1. The second kappa shape index (κ2) is 7.23. The van der Waals surface area contributed by atoms with Crippen LogP contribution in [0.25, 0.3) is 0 Å². The molecule has 0 aromatic heterocycles. The standard InChI is InChI=1S/C16H32BrClO2Si4/c1-21(2,3)23(7,8)19-15-12-14(18)16(11-13(15)17)20-24(9,10)22(4,5)6/h11-12H,1-10H3. The lowest BCUT2D eigenvalue weighted by molar-refractivity contribution is 0.549. The minimum absolute atomic E-state index is 0.646. The number of rotatable bonds is 6. The summed E-state index contributed by atoms with van der Waals surface area (Å²) in [6.45, 7) is 23.4. The molecule has 0 amide bonds. The maximum atomic E-state index is 6.54. The monoisotopic (exact) mass is 482 g/mol. The molecule has 0 heterocycles. The molecule has 0 radical (unpaired) electrons. The molecule has 0 aliphatic carbocycles. The average molecular weight is 484 g/mol. The molecule has 0 unspecified atom stereocenters. The fourth-order valence-electron chi connectivity index (χ4n) is 1.52. The Bertz CT molecular complexity index is 554. The van der Waals surface area contributed by atoms with Crippen molar-refractivity contribution in [3.8, 4) is 11.5 Å². The fraction of sp³-hybridized carbons (Fsp3) is 0.625. The van der Waals surface area contributed by atoms with Gasteiger partial charge in [-0.15, -0.1) is 0 Å². The topological polar surface area (TPSA) is 18.5 Å². The van der Waals surface area contributed by atoms with Gasteiger partial charge in [-0.2, -0.15) is 0 Å². The molecule has 0 aliphatic rings. The maximum Gasteiger partial charge on any atom is 0.228 e. The summed E-state index contributed by atoms with van der Waals surface area (Å²) in [7, 11) is -6.27. The molecule has 1 aromatic rings. The van der Waals surface area contributed by atoms with Gasteiger partial charge in [-0.1, -0.05) is 50.9 Å². The maximum absolute atomic E-state index is 6.54. The van der Waals surface area contributed by atoms with Gasteiger partial charge >= 0.3 is 0 Å². The van der Waals surface area contributed by atoms with E-state index in [1.807, 2.05) is 12.1 Å². The summed E-state index contributed by atoms with van der Waals surface area (Å²) >= 11 is 10.2. The highest BCUT2D eigenvalue weighted by Crippen LogP contribution is 2.39. The molecule has 0 saturated carbocycles. The van der Waals surface area contributed by atoms with Crippen molar-refractivity contribution in [3.05, 3.63) is 21.6 Å². The third kappa shape index (κ3) is 5.23. The van der Waals surface area contributed by atoms with E-state index in [-0.39, 0.29) is 0 Å². The quantitative estimate of drug-likeness (QED) is 0.401. The van der Waals surface area contributed by atoms with Crippen LogP contribution in [0.3, 0.4) is 0 Å². The van der Waals surface area contributed by atoms with Crippen LogP contribution >= 0.6 is 27.5 Å². The van der Waals surface area contributed by atoms with Crippen molar-refractivity contribution in [2.45, 2.75) is 65.5 Å². The third-order valence-electron chi connectivity index (χ3n) is 5.33. The lowest BCUT2D eigenvalue weighted by Crippen LogP contribution is -2.57. The molecule has 2 nitrogen and oxygen atoms in total. The molecule has 0 atom stereocenters. The van der Waals surface area contributed by atoms with Crippen LogP contribution in [-0.4, -0.2) is 30.9 Å². The molecular weight excluding hydrogens is 452 g/mol. The van der Waals surface area contributed by atoms with Gasteiger partial charge in [-0.25, -0.2) is 0 Å². The normalized spacial score (nSPS) is 13.8. The lowest BCUT2D eigenvalue weighted by Gasteiger charge is -2.37. The van der Waals surface area contributed by atoms with Crippen molar-refractivity contribution in [2.75, 3.05) is 0 Å². The van der Waals surface area contributed by atoms with Gasteiger partial charge in [-0.05, 0) is 48.2 Å². The van der Waals surface area contributed by atoms with E-state index in [2.05, 4.69) is 81.4 Å². The van der Waals surface area contributed by atoms with E-state index < -0.39 is 30.9 Å². The molecule has 0 bridgehead atoms. The Hall–Kier alpha value is 0.458. The van der Waals surface area contributed by atoms with Crippen LogP contribution in [0.1, 0.15) is 0 Å². The molecular formula is C16H32BrClO2Si4. The first-order valence-corrected chi connectivity index (χ1v) is 24.3. The highest BCUT2D eigenvalue weighted by molar-refractivity contribution is 9.10. The first kappa shape index (κ1) is 22.5. The van der Waals surface area contributed by atoms with Crippen molar-refractivity contribution in [1.82, 2.24) is 0 Å². The Labute approximate surface area is 165 Å². The summed E-state index contributed by atoms with van der Waals surface area (Å²) in [5.41, 5.74) is 0. The minimum Gasteiger partial charge on any atom is -0.546 e. The molecule has 138 valence electrons. The minimum atomic E-state index is -1.79. The smallest absolute Gasteiger partial charge is 0.228 e. The summed E-state index contributed by atoms with van der Waals surface area (Å²) in [6, 6.07) is 3.91. The SMILES string of the molecule is C[Si](C)(C)[Si](C)(C)Oc1cc(Br)c(O[Si](C)(C)[Si](C)(C)C)cc1Cl. The molecule has 0 aliphatic heterocycles. The molecule has 0 spiro atoms. The van der Waals surface area contributed by atoms with Crippen LogP contribution in [0.2, 0.25) is 70.5 Å². The Morgan fingerprint density at radius 2 is 1.08 bits per heavy atom. The number of hydrogen-bond donors (Lipinski definition) is 0. The molecule has 0 saturated heterocycles. The van der Waals surface area contributed by atoms with E-state index in [0.717, 1.165) is 16.0 Å². The number of halogens is 2. The Morgan fingerprint density at radius 1 is 0.708 bits per heavy atom. The highest BCUT2D eigenvalue weighted by Gasteiger charge is 2.42. The summed E-state index contributed by atoms with van der Waals surface area (Å²) in [6.07, 6.45) is 0. The second-order valence-corrected chi connectivity index (χ2v) is 42.4. The van der Waals surface area contributed by atoms with Gasteiger partial charge in [0.1, 0.15) is 11.5 Å². The van der Waals surface area contributed by atoms with Crippen LogP contribution in [0.15, 0.2) is 16.6 Å². The van der Waals surface area contributed by atoms with Crippen LogP contribution in [0, 0.1) is 0 Å².